The molecule has 0 unspecified atom stereocenters. The molecule has 6 nitrogen and oxygen atoms in total. The Balaban J connectivity index is 1.51. The molecule has 1 aliphatic carbocycles. The van der Waals surface area contributed by atoms with E-state index in [2.05, 4.69) is 21.2 Å². The lowest BCUT2D eigenvalue weighted by Crippen LogP contribution is -2.58. The molecule has 28 heavy (non-hydrogen) atoms. The highest BCUT2D eigenvalue weighted by Crippen LogP contribution is 2.31. The molecular weight excluding hydrogens is 354 g/mol. The van der Waals surface area contributed by atoms with Gasteiger partial charge in [0.1, 0.15) is 0 Å². The monoisotopic (exact) mass is 387 g/mol. The number of benzene rings is 1. The molecule has 154 valence electrons. The van der Waals surface area contributed by atoms with Gasteiger partial charge in [0.15, 0.2) is 0 Å². The van der Waals surface area contributed by atoms with Crippen LogP contribution in [0, 0.1) is 0 Å². The maximum atomic E-state index is 13.4. The fraction of sp³-hybridized carbons (Fsp3) is 0.682. The van der Waals surface area contributed by atoms with Gasteiger partial charge in [-0.25, -0.2) is 0 Å². The van der Waals surface area contributed by atoms with Crippen LogP contribution in [0.4, 0.5) is 5.69 Å². The van der Waals surface area contributed by atoms with Crippen LogP contribution >= 0.6 is 0 Å². The van der Waals surface area contributed by atoms with E-state index in [0.717, 1.165) is 83.2 Å². The van der Waals surface area contributed by atoms with Gasteiger partial charge in [-0.2, -0.15) is 0 Å². The maximum absolute atomic E-state index is 13.4. The van der Waals surface area contributed by atoms with E-state index in [1.54, 1.807) is 0 Å². The van der Waals surface area contributed by atoms with Crippen molar-refractivity contribution in [2.24, 2.45) is 0 Å². The number of carbonyl (C=O) groups is 1. The van der Waals surface area contributed by atoms with Crippen molar-refractivity contribution in [2.75, 3.05) is 64.1 Å². The SMILES string of the molecule is O=C(NC1(CN2CCOCC2)CCCCC1)c1ccccc1N1CCOCC1. The highest BCUT2D eigenvalue weighted by atomic mass is 16.5. The van der Waals surface area contributed by atoms with Crippen LogP contribution in [0.5, 0.6) is 0 Å². The smallest absolute Gasteiger partial charge is 0.253 e. The first-order chi connectivity index (χ1) is 13.8. The number of amides is 1. The third-order valence-corrected chi connectivity index (χ3v) is 6.32. The zero-order valence-corrected chi connectivity index (χ0v) is 16.8. The van der Waals surface area contributed by atoms with E-state index in [9.17, 15) is 4.79 Å². The molecule has 3 aliphatic rings. The number of hydrogen-bond acceptors (Lipinski definition) is 5. The molecule has 6 heteroatoms. The van der Waals surface area contributed by atoms with Crippen LogP contribution in [0.15, 0.2) is 24.3 Å². The summed E-state index contributed by atoms with van der Waals surface area (Å²) in [5, 5.41) is 3.50. The van der Waals surface area contributed by atoms with Crippen LogP contribution in [0.25, 0.3) is 0 Å². The number of anilines is 1. The Kier molecular flexibility index (Phi) is 6.50. The first-order valence-corrected chi connectivity index (χ1v) is 10.8. The Hall–Kier alpha value is -1.63. The average Bonchev–Trinajstić information content (AvgIpc) is 2.75. The van der Waals surface area contributed by atoms with E-state index in [1.807, 2.05) is 18.2 Å². The van der Waals surface area contributed by atoms with Crippen LogP contribution in [0.1, 0.15) is 42.5 Å². The minimum atomic E-state index is -0.120. The van der Waals surface area contributed by atoms with Gasteiger partial charge < -0.3 is 19.7 Å². The Morgan fingerprint density at radius 3 is 2.29 bits per heavy atom. The standard InChI is InChI=1S/C22H33N3O3/c26-21(19-6-2-3-7-20(19)25-12-16-28-17-13-25)23-22(8-4-1-5-9-22)18-24-10-14-27-15-11-24/h2-3,6-7H,1,4-5,8-18H2,(H,23,26). The largest absolute Gasteiger partial charge is 0.379 e. The highest BCUT2D eigenvalue weighted by molar-refractivity contribution is 6.00. The second kappa shape index (κ2) is 9.25. The van der Waals surface area contributed by atoms with Crippen molar-refractivity contribution < 1.29 is 14.3 Å². The second-order valence-corrected chi connectivity index (χ2v) is 8.30. The van der Waals surface area contributed by atoms with E-state index in [0.29, 0.717) is 0 Å². The van der Waals surface area contributed by atoms with Crippen molar-refractivity contribution in [3.63, 3.8) is 0 Å². The van der Waals surface area contributed by atoms with Gasteiger partial charge in [-0.15, -0.1) is 0 Å². The summed E-state index contributed by atoms with van der Waals surface area (Å²) in [5.41, 5.74) is 1.70. The fourth-order valence-electron chi connectivity index (χ4n) is 4.79. The summed E-state index contributed by atoms with van der Waals surface area (Å²) in [4.78, 5) is 18.1. The van der Waals surface area contributed by atoms with Gasteiger partial charge in [0, 0.05) is 38.4 Å². The summed E-state index contributed by atoms with van der Waals surface area (Å²) in [7, 11) is 0. The lowest BCUT2D eigenvalue weighted by Gasteiger charge is -2.43. The summed E-state index contributed by atoms with van der Waals surface area (Å²) >= 11 is 0. The second-order valence-electron chi connectivity index (χ2n) is 8.30. The third-order valence-electron chi connectivity index (χ3n) is 6.32. The van der Waals surface area contributed by atoms with Crippen LogP contribution in [0.2, 0.25) is 0 Å². The molecular formula is C22H33N3O3. The number of para-hydroxylation sites is 1. The zero-order chi connectivity index (χ0) is 19.2. The molecule has 3 fully saturated rings. The van der Waals surface area contributed by atoms with Gasteiger partial charge in [-0.1, -0.05) is 31.4 Å². The van der Waals surface area contributed by atoms with E-state index >= 15 is 0 Å². The molecule has 2 saturated heterocycles. The minimum Gasteiger partial charge on any atom is -0.379 e. The summed E-state index contributed by atoms with van der Waals surface area (Å²) < 4.78 is 11.0. The van der Waals surface area contributed by atoms with E-state index < -0.39 is 0 Å². The van der Waals surface area contributed by atoms with Crippen molar-refractivity contribution >= 4 is 11.6 Å². The quantitative estimate of drug-likeness (QED) is 0.840. The number of nitrogens with one attached hydrogen (secondary N) is 1. The summed E-state index contributed by atoms with van der Waals surface area (Å²) in [6, 6.07) is 8.02. The van der Waals surface area contributed by atoms with Crippen molar-refractivity contribution in [2.45, 2.75) is 37.6 Å². The Bertz CT molecular complexity index is 648. The molecule has 1 aromatic rings. The van der Waals surface area contributed by atoms with Gasteiger partial charge in [0.2, 0.25) is 0 Å². The van der Waals surface area contributed by atoms with Crippen molar-refractivity contribution in [1.82, 2.24) is 10.2 Å². The first kappa shape index (κ1) is 19.7. The normalized spacial score (nSPS) is 23.4. The molecule has 0 spiro atoms. The molecule has 4 rings (SSSR count). The number of hydrogen-bond donors (Lipinski definition) is 1. The first-order valence-electron chi connectivity index (χ1n) is 10.8. The van der Waals surface area contributed by atoms with Gasteiger partial charge in [-0.05, 0) is 25.0 Å². The van der Waals surface area contributed by atoms with Crippen LogP contribution in [-0.4, -0.2) is 75.5 Å². The van der Waals surface area contributed by atoms with Crippen molar-refractivity contribution in [3.05, 3.63) is 29.8 Å². The topological polar surface area (TPSA) is 54.0 Å². The lowest BCUT2D eigenvalue weighted by molar-refractivity contribution is 0.0181. The molecule has 1 aromatic carbocycles. The van der Waals surface area contributed by atoms with Crippen molar-refractivity contribution in [1.29, 1.82) is 0 Å². The minimum absolute atomic E-state index is 0.0669. The van der Waals surface area contributed by atoms with E-state index in [4.69, 9.17) is 9.47 Å². The van der Waals surface area contributed by atoms with Gasteiger partial charge >= 0.3 is 0 Å². The van der Waals surface area contributed by atoms with Crippen LogP contribution in [-0.2, 0) is 9.47 Å². The maximum Gasteiger partial charge on any atom is 0.253 e. The zero-order valence-electron chi connectivity index (χ0n) is 16.8. The molecule has 2 aliphatic heterocycles. The molecule has 1 amide bonds. The molecule has 0 aromatic heterocycles. The average molecular weight is 388 g/mol. The number of ether oxygens (including phenoxy) is 2. The summed E-state index contributed by atoms with van der Waals surface area (Å²) in [6.07, 6.45) is 5.78. The number of nitrogens with zero attached hydrogens (tertiary/aromatic N) is 2. The molecule has 2 heterocycles. The lowest BCUT2D eigenvalue weighted by atomic mass is 9.80. The highest BCUT2D eigenvalue weighted by Gasteiger charge is 2.36. The third kappa shape index (κ3) is 4.67. The number of rotatable bonds is 5. The Morgan fingerprint density at radius 2 is 1.57 bits per heavy atom. The molecule has 1 saturated carbocycles. The summed E-state index contributed by atoms with van der Waals surface area (Å²) in [6.45, 7) is 7.56. The number of carbonyl (C=O) groups excluding carboxylic acids is 1. The number of morpholine rings is 2. The van der Waals surface area contributed by atoms with E-state index in [1.165, 1.54) is 19.3 Å². The van der Waals surface area contributed by atoms with Gasteiger partial charge in [-0.3, -0.25) is 9.69 Å². The Labute approximate surface area is 168 Å². The van der Waals surface area contributed by atoms with Gasteiger partial charge in [0.05, 0.1) is 37.5 Å². The summed E-state index contributed by atoms with van der Waals surface area (Å²) in [5.74, 6) is 0.0669. The molecule has 0 atom stereocenters. The van der Waals surface area contributed by atoms with Gasteiger partial charge in [0.25, 0.3) is 5.91 Å². The molecule has 0 bridgehead atoms. The predicted octanol–water partition coefficient (Wildman–Crippen LogP) is 2.29. The van der Waals surface area contributed by atoms with E-state index in [-0.39, 0.29) is 11.4 Å². The fourth-order valence-corrected chi connectivity index (χ4v) is 4.79. The predicted molar refractivity (Wildman–Crippen MR) is 110 cm³/mol. The van der Waals surface area contributed by atoms with Crippen LogP contribution < -0.4 is 10.2 Å². The molecule has 0 radical (unpaired) electrons. The van der Waals surface area contributed by atoms with Crippen molar-refractivity contribution in [3.8, 4) is 0 Å². The molecule has 1 N–H and O–H groups in total. The van der Waals surface area contributed by atoms with Crippen LogP contribution in [0.3, 0.4) is 0 Å². The Morgan fingerprint density at radius 1 is 0.929 bits per heavy atom.